The van der Waals surface area contributed by atoms with E-state index in [1.807, 2.05) is 0 Å². The fourth-order valence-corrected chi connectivity index (χ4v) is 7.46. The molecular formula is C35H38FN5O7S. The largest absolute Gasteiger partial charge is 0.494 e. The topological polar surface area (TPSA) is 172 Å². The Balaban J connectivity index is 1.71. The predicted molar refractivity (Wildman–Crippen MR) is 182 cm³/mol. The SMILES string of the molecule is CCOc1ccc(F)c([C@@H](C(=O)N2CCC(C(=O)O)C2c2cc(NC(C)=O)ccc2S(=O)(=O)C(C)C)N(N)c2ccc3cnccc3c2)c1. The first-order valence-electron chi connectivity index (χ1n) is 15.7. The molecule has 2 unspecified atom stereocenters. The number of nitrogens with zero attached hydrogens (tertiary/aromatic N) is 3. The highest BCUT2D eigenvalue weighted by Gasteiger charge is 2.47. The number of hydrogen-bond acceptors (Lipinski definition) is 9. The summed E-state index contributed by atoms with van der Waals surface area (Å²) >= 11 is 0. The molecule has 49 heavy (non-hydrogen) atoms. The summed E-state index contributed by atoms with van der Waals surface area (Å²) in [7, 11) is -4.02. The molecule has 3 atom stereocenters. The second-order valence-corrected chi connectivity index (χ2v) is 14.5. The second kappa shape index (κ2) is 14.2. The lowest BCUT2D eigenvalue weighted by atomic mass is 9.92. The average Bonchev–Trinajstić information content (AvgIpc) is 3.51. The van der Waals surface area contributed by atoms with E-state index < -0.39 is 56.7 Å². The third-order valence-electron chi connectivity index (χ3n) is 8.58. The highest BCUT2D eigenvalue weighted by atomic mass is 32.2. The molecule has 12 nitrogen and oxygen atoms in total. The smallest absolute Gasteiger partial charge is 0.309 e. The monoisotopic (exact) mass is 691 g/mol. The number of anilines is 2. The van der Waals surface area contributed by atoms with Crippen molar-refractivity contribution in [2.45, 2.75) is 56.3 Å². The summed E-state index contributed by atoms with van der Waals surface area (Å²) in [5, 5.41) is 14.8. The minimum absolute atomic E-state index is 0.0160. The number of carboxylic acid groups (broad SMARTS) is 1. The van der Waals surface area contributed by atoms with Crippen LogP contribution in [0.25, 0.3) is 10.8 Å². The van der Waals surface area contributed by atoms with E-state index in [1.54, 1.807) is 43.6 Å². The predicted octanol–water partition coefficient (Wildman–Crippen LogP) is 5.01. The molecule has 14 heteroatoms. The van der Waals surface area contributed by atoms with E-state index in [9.17, 15) is 27.9 Å². The van der Waals surface area contributed by atoms with Crippen LogP contribution in [0, 0.1) is 11.7 Å². The van der Waals surface area contributed by atoms with E-state index >= 15 is 4.39 Å². The Morgan fingerprint density at radius 3 is 2.53 bits per heavy atom. The Hall–Kier alpha value is -5.08. The molecular weight excluding hydrogens is 653 g/mol. The number of pyridine rings is 1. The summed E-state index contributed by atoms with van der Waals surface area (Å²) in [5.74, 6) is 2.55. The van der Waals surface area contributed by atoms with Gasteiger partial charge >= 0.3 is 5.97 Å². The van der Waals surface area contributed by atoms with Crippen molar-refractivity contribution in [2.75, 3.05) is 23.5 Å². The molecule has 4 aromatic rings. The van der Waals surface area contributed by atoms with Crippen LogP contribution >= 0.6 is 0 Å². The third-order valence-corrected chi connectivity index (χ3v) is 10.8. The number of nitrogens with two attached hydrogens (primary N) is 1. The minimum Gasteiger partial charge on any atom is -0.494 e. The minimum atomic E-state index is -4.02. The van der Waals surface area contributed by atoms with Crippen LogP contribution < -0.4 is 20.9 Å². The number of ether oxygens (including phenoxy) is 1. The van der Waals surface area contributed by atoms with Gasteiger partial charge in [-0.1, -0.05) is 6.07 Å². The molecule has 1 aliphatic rings. The first kappa shape index (κ1) is 35.2. The number of hydrogen-bond donors (Lipinski definition) is 3. The van der Waals surface area contributed by atoms with Crippen LogP contribution in [0.4, 0.5) is 15.8 Å². The van der Waals surface area contributed by atoms with Gasteiger partial charge in [0.2, 0.25) is 5.91 Å². The molecule has 258 valence electrons. The van der Waals surface area contributed by atoms with E-state index in [0.717, 1.165) is 21.8 Å². The number of aliphatic carboxylic acids is 1. The van der Waals surface area contributed by atoms with Gasteiger partial charge in [-0.2, -0.15) is 0 Å². The van der Waals surface area contributed by atoms with Gasteiger partial charge in [0.05, 0.1) is 34.4 Å². The van der Waals surface area contributed by atoms with Crippen LogP contribution in [-0.4, -0.2) is 59.6 Å². The Kier molecular flexibility index (Phi) is 10.2. The lowest BCUT2D eigenvalue weighted by molar-refractivity contribution is -0.143. The van der Waals surface area contributed by atoms with Crippen LogP contribution in [0.5, 0.6) is 5.75 Å². The zero-order valence-corrected chi connectivity index (χ0v) is 28.3. The summed E-state index contributed by atoms with van der Waals surface area (Å²) in [6.07, 6.45) is 3.23. The summed E-state index contributed by atoms with van der Waals surface area (Å²) in [6.45, 7) is 6.17. The zero-order chi connectivity index (χ0) is 35.6. The Bertz CT molecular complexity index is 2020. The number of carboxylic acids is 1. The lowest BCUT2D eigenvalue weighted by Crippen LogP contribution is -2.47. The molecule has 1 aliphatic heterocycles. The van der Waals surface area contributed by atoms with Crippen molar-refractivity contribution in [3.63, 3.8) is 0 Å². The van der Waals surface area contributed by atoms with Crippen LogP contribution in [0.3, 0.4) is 0 Å². The number of nitrogens with one attached hydrogen (secondary N) is 1. The van der Waals surface area contributed by atoms with Gasteiger partial charge in [0.25, 0.3) is 5.91 Å². The number of sulfone groups is 1. The van der Waals surface area contributed by atoms with Crippen molar-refractivity contribution in [1.82, 2.24) is 9.88 Å². The summed E-state index contributed by atoms with van der Waals surface area (Å²) in [4.78, 5) is 44.8. The Labute approximate surface area is 283 Å². The number of halogens is 1. The molecule has 4 N–H and O–H groups in total. The van der Waals surface area contributed by atoms with Gasteiger partial charge in [0, 0.05) is 42.5 Å². The normalized spacial score (nSPS) is 16.8. The number of fused-ring (bicyclic) bond motifs is 1. The van der Waals surface area contributed by atoms with Gasteiger partial charge in [0.15, 0.2) is 15.9 Å². The standard InChI is InChI=1S/C35H38FN5O7S/c1-5-48-26-9-10-30(36)28(18-26)33(41(37)25-8-6-23-19-38-14-12-22(23)16-25)34(43)40-15-13-27(35(44)45)32(40)29-17-24(39-21(4)42)7-11-31(29)49(46,47)20(2)3/h6-12,14,16-20,27,32-33H,5,13,15,37H2,1-4H3,(H,39,42)(H,44,45)/t27?,32?,33-/m0/s1. The van der Waals surface area contributed by atoms with E-state index in [0.29, 0.717) is 5.69 Å². The molecule has 0 radical (unpaired) electrons. The first-order valence-corrected chi connectivity index (χ1v) is 17.3. The molecule has 5 rings (SSSR count). The van der Waals surface area contributed by atoms with Gasteiger partial charge in [-0.05, 0) is 92.7 Å². The van der Waals surface area contributed by atoms with E-state index in [-0.39, 0.29) is 47.0 Å². The number of aromatic nitrogens is 1. The number of rotatable bonds is 11. The molecule has 0 saturated carbocycles. The van der Waals surface area contributed by atoms with E-state index in [1.165, 1.54) is 56.0 Å². The maximum atomic E-state index is 15.8. The number of benzene rings is 3. The molecule has 2 amide bonds. The van der Waals surface area contributed by atoms with Crippen molar-refractivity contribution >= 4 is 49.8 Å². The molecule has 0 bridgehead atoms. The third kappa shape index (κ3) is 7.06. The Morgan fingerprint density at radius 1 is 1.10 bits per heavy atom. The van der Waals surface area contributed by atoms with Crippen LogP contribution in [-0.2, 0) is 24.2 Å². The fraction of sp³-hybridized carbons (Fsp3) is 0.314. The quantitative estimate of drug-likeness (QED) is 0.143. The number of hydrazine groups is 1. The average molecular weight is 692 g/mol. The molecule has 0 aliphatic carbocycles. The van der Waals surface area contributed by atoms with Crippen molar-refractivity contribution in [3.05, 3.63) is 90.0 Å². The van der Waals surface area contributed by atoms with E-state index in [4.69, 9.17) is 10.6 Å². The van der Waals surface area contributed by atoms with Gasteiger partial charge < -0.3 is 20.1 Å². The summed E-state index contributed by atoms with van der Waals surface area (Å²) in [5.41, 5.74) is 0.446. The van der Waals surface area contributed by atoms with Crippen molar-refractivity contribution in [1.29, 1.82) is 0 Å². The van der Waals surface area contributed by atoms with Gasteiger partial charge in [-0.25, -0.2) is 18.7 Å². The molecule has 1 saturated heterocycles. The second-order valence-electron chi connectivity index (χ2n) is 12.1. The van der Waals surface area contributed by atoms with Crippen molar-refractivity contribution in [2.24, 2.45) is 11.8 Å². The van der Waals surface area contributed by atoms with E-state index in [2.05, 4.69) is 10.3 Å². The van der Waals surface area contributed by atoms with Crippen LogP contribution in [0.15, 0.2) is 78.0 Å². The number of carbonyl (C=O) groups is 3. The van der Waals surface area contributed by atoms with Gasteiger partial charge in [-0.15, -0.1) is 0 Å². The first-order chi connectivity index (χ1) is 23.2. The molecule has 2 heterocycles. The van der Waals surface area contributed by atoms with Crippen LogP contribution in [0.1, 0.15) is 57.3 Å². The fourth-order valence-electron chi connectivity index (χ4n) is 6.18. The number of likely N-dealkylation sites (tertiary alicyclic amines) is 1. The van der Waals surface area contributed by atoms with Crippen LogP contribution in [0.2, 0.25) is 0 Å². The zero-order valence-electron chi connectivity index (χ0n) is 27.5. The van der Waals surface area contributed by atoms with Gasteiger partial charge in [0.1, 0.15) is 11.6 Å². The van der Waals surface area contributed by atoms with Gasteiger partial charge in [-0.3, -0.25) is 24.4 Å². The highest BCUT2D eigenvalue weighted by Crippen LogP contribution is 2.44. The number of amides is 2. The molecule has 0 spiro atoms. The number of carbonyl (C=O) groups excluding carboxylic acids is 2. The summed E-state index contributed by atoms with van der Waals surface area (Å²) < 4.78 is 48.8. The lowest BCUT2D eigenvalue weighted by Gasteiger charge is -2.36. The van der Waals surface area contributed by atoms with Crippen molar-refractivity contribution < 1.29 is 37.0 Å². The molecule has 1 aromatic heterocycles. The molecule has 1 fully saturated rings. The highest BCUT2D eigenvalue weighted by molar-refractivity contribution is 7.92. The summed E-state index contributed by atoms with van der Waals surface area (Å²) in [6, 6.07) is 12.1. The molecule has 3 aromatic carbocycles. The van der Waals surface area contributed by atoms with Crippen molar-refractivity contribution in [3.8, 4) is 5.75 Å². The maximum Gasteiger partial charge on any atom is 0.309 e. The Morgan fingerprint density at radius 2 is 1.86 bits per heavy atom. The maximum absolute atomic E-state index is 15.8.